The maximum absolute atomic E-state index is 11.9. The molecule has 0 amide bonds. The summed E-state index contributed by atoms with van der Waals surface area (Å²) < 4.78 is 7.30. The summed E-state index contributed by atoms with van der Waals surface area (Å²) in [5.41, 5.74) is 2.32. The predicted octanol–water partition coefficient (Wildman–Crippen LogP) is 2.35. The molecule has 1 atom stereocenters. The molecule has 3 rings (SSSR count). The Kier molecular flexibility index (Phi) is 4.45. The van der Waals surface area contributed by atoms with Crippen molar-refractivity contribution >= 4 is 11.8 Å². The van der Waals surface area contributed by atoms with Gasteiger partial charge < -0.3 is 4.74 Å². The highest BCUT2D eigenvalue weighted by atomic mass is 32.2. The van der Waals surface area contributed by atoms with E-state index in [2.05, 4.69) is 41.4 Å². The van der Waals surface area contributed by atoms with Crippen LogP contribution in [0.15, 0.2) is 34.2 Å². The number of benzene rings is 1. The Bertz CT molecular complexity index is 659. The average Bonchev–Trinajstić information content (AvgIpc) is 3.09. The lowest BCUT2D eigenvalue weighted by molar-refractivity contribution is 0.0941. The van der Waals surface area contributed by atoms with Crippen molar-refractivity contribution in [1.29, 1.82) is 0 Å². The van der Waals surface area contributed by atoms with Gasteiger partial charge in [0.25, 0.3) is 0 Å². The minimum atomic E-state index is -0.155. The second-order valence-corrected chi connectivity index (χ2v) is 6.28. The number of aryl methyl sites for hydroxylation is 1. The summed E-state index contributed by atoms with van der Waals surface area (Å²) in [6, 6.07) is 8.38. The van der Waals surface area contributed by atoms with Gasteiger partial charge in [-0.3, -0.25) is 4.57 Å². The Balaban J connectivity index is 1.69. The number of nitrogens with zero attached hydrogens (tertiary/aromatic N) is 2. The van der Waals surface area contributed by atoms with Crippen molar-refractivity contribution in [3.05, 3.63) is 45.9 Å². The fourth-order valence-corrected chi connectivity index (χ4v) is 3.41. The molecule has 0 radical (unpaired) electrons. The second-order valence-electron chi connectivity index (χ2n) is 5.33. The van der Waals surface area contributed by atoms with Gasteiger partial charge >= 0.3 is 5.69 Å². The molecule has 1 saturated heterocycles. The van der Waals surface area contributed by atoms with E-state index in [4.69, 9.17) is 4.74 Å². The molecular formula is C15H19N3O2S. The summed E-state index contributed by atoms with van der Waals surface area (Å²) in [6.45, 7) is 3.46. The zero-order valence-corrected chi connectivity index (χ0v) is 12.9. The van der Waals surface area contributed by atoms with Crippen molar-refractivity contribution in [2.75, 3.05) is 6.61 Å². The summed E-state index contributed by atoms with van der Waals surface area (Å²) in [7, 11) is 0. The number of hydrogen-bond donors (Lipinski definition) is 1. The SMILES string of the molecule is Cc1cccc(CSc2n[nH]c(=O)n2CC2CCCO2)c1. The molecular weight excluding hydrogens is 286 g/mol. The Morgan fingerprint density at radius 3 is 3.19 bits per heavy atom. The van der Waals surface area contributed by atoms with Crippen LogP contribution in [0.1, 0.15) is 24.0 Å². The minimum absolute atomic E-state index is 0.138. The Morgan fingerprint density at radius 2 is 2.43 bits per heavy atom. The van der Waals surface area contributed by atoms with Gasteiger partial charge in [0.05, 0.1) is 12.6 Å². The molecule has 112 valence electrons. The fourth-order valence-electron chi connectivity index (χ4n) is 2.52. The largest absolute Gasteiger partial charge is 0.376 e. The van der Waals surface area contributed by atoms with Crippen LogP contribution in [0, 0.1) is 6.92 Å². The maximum Gasteiger partial charge on any atom is 0.344 e. The Hall–Kier alpha value is -1.53. The summed E-state index contributed by atoms with van der Waals surface area (Å²) in [5.74, 6) is 0.803. The molecule has 2 heterocycles. The van der Waals surface area contributed by atoms with E-state index >= 15 is 0 Å². The van der Waals surface area contributed by atoms with Crippen molar-refractivity contribution in [3.63, 3.8) is 0 Å². The normalized spacial score (nSPS) is 18.2. The number of thioether (sulfide) groups is 1. The molecule has 1 aromatic carbocycles. The monoisotopic (exact) mass is 305 g/mol. The van der Waals surface area contributed by atoms with E-state index in [1.54, 1.807) is 16.3 Å². The van der Waals surface area contributed by atoms with Gasteiger partial charge in [0.2, 0.25) is 0 Å². The third-order valence-electron chi connectivity index (χ3n) is 3.58. The molecule has 1 fully saturated rings. The first-order chi connectivity index (χ1) is 10.2. The van der Waals surface area contributed by atoms with Crippen molar-refractivity contribution in [2.45, 2.75) is 43.3 Å². The highest BCUT2D eigenvalue weighted by molar-refractivity contribution is 7.98. The fraction of sp³-hybridized carbons (Fsp3) is 0.467. The molecule has 1 aliphatic rings. The van der Waals surface area contributed by atoms with Crippen LogP contribution in [-0.2, 0) is 17.0 Å². The maximum atomic E-state index is 11.9. The summed E-state index contributed by atoms with van der Waals surface area (Å²) in [5, 5.41) is 7.40. The number of H-pyrrole nitrogens is 1. The molecule has 0 bridgehead atoms. The first kappa shape index (κ1) is 14.4. The third-order valence-corrected chi connectivity index (χ3v) is 4.63. The molecule has 0 saturated carbocycles. The van der Waals surface area contributed by atoms with Gasteiger partial charge in [-0.2, -0.15) is 0 Å². The van der Waals surface area contributed by atoms with E-state index in [9.17, 15) is 4.79 Å². The predicted molar refractivity (Wildman–Crippen MR) is 82.6 cm³/mol. The second kappa shape index (κ2) is 6.49. The smallest absolute Gasteiger partial charge is 0.344 e. The zero-order valence-electron chi connectivity index (χ0n) is 12.0. The number of ether oxygens (including phenoxy) is 1. The van der Waals surface area contributed by atoms with Crippen LogP contribution in [0.2, 0.25) is 0 Å². The van der Waals surface area contributed by atoms with Gasteiger partial charge in [-0.15, -0.1) is 5.10 Å². The van der Waals surface area contributed by atoms with Crippen LogP contribution in [0.4, 0.5) is 0 Å². The molecule has 1 N–H and O–H groups in total. The van der Waals surface area contributed by atoms with Crippen molar-refractivity contribution in [1.82, 2.24) is 14.8 Å². The van der Waals surface area contributed by atoms with Crippen LogP contribution in [0.5, 0.6) is 0 Å². The minimum Gasteiger partial charge on any atom is -0.376 e. The molecule has 1 aromatic heterocycles. The quantitative estimate of drug-likeness (QED) is 0.862. The number of aromatic amines is 1. The molecule has 1 unspecified atom stereocenters. The summed E-state index contributed by atoms with van der Waals surface area (Å²) >= 11 is 1.58. The van der Waals surface area contributed by atoms with Crippen LogP contribution in [0.25, 0.3) is 0 Å². The third kappa shape index (κ3) is 3.57. The van der Waals surface area contributed by atoms with E-state index in [1.165, 1.54) is 11.1 Å². The van der Waals surface area contributed by atoms with Crippen molar-refractivity contribution in [2.24, 2.45) is 0 Å². The van der Waals surface area contributed by atoms with Gasteiger partial charge in [0.1, 0.15) is 0 Å². The zero-order chi connectivity index (χ0) is 14.7. The molecule has 1 aliphatic heterocycles. The molecule has 2 aromatic rings. The number of nitrogens with one attached hydrogen (secondary N) is 1. The van der Waals surface area contributed by atoms with Gasteiger partial charge in [-0.1, -0.05) is 41.6 Å². The van der Waals surface area contributed by atoms with E-state index in [0.29, 0.717) is 6.54 Å². The lowest BCUT2D eigenvalue weighted by atomic mass is 10.2. The van der Waals surface area contributed by atoms with E-state index in [1.807, 2.05) is 0 Å². The number of rotatable bonds is 5. The van der Waals surface area contributed by atoms with Gasteiger partial charge in [0, 0.05) is 12.4 Å². The van der Waals surface area contributed by atoms with Crippen LogP contribution in [0.3, 0.4) is 0 Å². The number of aromatic nitrogens is 3. The lowest BCUT2D eigenvalue weighted by Gasteiger charge is -2.11. The van der Waals surface area contributed by atoms with E-state index in [0.717, 1.165) is 30.4 Å². The van der Waals surface area contributed by atoms with Gasteiger partial charge in [-0.25, -0.2) is 9.89 Å². The van der Waals surface area contributed by atoms with Gasteiger partial charge in [0.15, 0.2) is 5.16 Å². The van der Waals surface area contributed by atoms with Gasteiger partial charge in [-0.05, 0) is 25.3 Å². The summed E-state index contributed by atoms with van der Waals surface area (Å²) in [6.07, 6.45) is 2.22. The Morgan fingerprint density at radius 1 is 1.52 bits per heavy atom. The van der Waals surface area contributed by atoms with Crippen LogP contribution in [-0.4, -0.2) is 27.5 Å². The molecule has 0 aliphatic carbocycles. The lowest BCUT2D eigenvalue weighted by Crippen LogP contribution is -2.24. The van der Waals surface area contributed by atoms with Crippen molar-refractivity contribution < 1.29 is 4.74 Å². The van der Waals surface area contributed by atoms with E-state index in [-0.39, 0.29) is 11.8 Å². The van der Waals surface area contributed by atoms with E-state index < -0.39 is 0 Å². The first-order valence-electron chi connectivity index (χ1n) is 7.17. The first-order valence-corrected chi connectivity index (χ1v) is 8.16. The molecule has 21 heavy (non-hydrogen) atoms. The average molecular weight is 305 g/mol. The van der Waals surface area contributed by atoms with Crippen LogP contribution < -0.4 is 5.69 Å². The molecule has 6 heteroatoms. The van der Waals surface area contributed by atoms with Crippen LogP contribution >= 0.6 is 11.8 Å². The highest BCUT2D eigenvalue weighted by Gasteiger charge is 2.19. The highest BCUT2D eigenvalue weighted by Crippen LogP contribution is 2.22. The standard InChI is InChI=1S/C15H19N3O2S/c1-11-4-2-5-12(8-11)10-21-15-17-16-14(19)18(15)9-13-6-3-7-20-13/h2,4-5,8,13H,3,6-7,9-10H2,1H3,(H,16,19). The number of hydrogen-bond acceptors (Lipinski definition) is 4. The topological polar surface area (TPSA) is 59.9 Å². The molecule has 0 spiro atoms. The van der Waals surface area contributed by atoms with Crippen molar-refractivity contribution in [3.8, 4) is 0 Å². The Labute approximate surface area is 127 Å². The summed E-state index contributed by atoms with van der Waals surface area (Å²) in [4.78, 5) is 11.9. The molecule has 5 nitrogen and oxygen atoms in total.